The number of ether oxygens (including phenoxy) is 1. The van der Waals surface area contributed by atoms with Crippen LogP contribution in [0.4, 0.5) is 5.13 Å². The molecular weight excluding hydrogens is 310 g/mol. The number of unbranched alkanes of at least 4 members (excludes halogenated alkanes) is 1. The summed E-state index contributed by atoms with van der Waals surface area (Å²) in [6.45, 7) is 5.14. The lowest BCUT2D eigenvalue weighted by atomic mass is 10.1. The number of thiazole rings is 1. The fourth-order valence-corrected chi connectivity index (χ4v) is 1.82. The molecule has 0 bridgehead atoms. The van der Waals surface area contributed by atoms with E-state index in [0.717, 1.165) is 24.2 Å². The highest BCUT2D eigenvalue weighted by Crippen LogP contribution is 2.16. The van der Waals surface area contributed by atoms with Crippen LogP contribution in [0.2, 0.25) is 0 Å². The minimum atomic E-state index is -1.41. The van der Waals surface area contributed by atoms with Crippen molar-refractivity contribution in [2.75, 3.05) is 12.3 Å². The van der Waals surface area contributed by atoms with E-state index in [-0.39, 0.29) is 17.4 Å². The first-order valence-electron chi connectivity index (χ1n) is 6.66. The Kier molecular flexibility index (Phi) is 6.29. The standard InChI is InChI=1S/C13H19N3O5S/c1-4-5-6-20-11(19)13(2,3)21-16-9(10(17)18)8-7-22-12(14)15-8/h7H,4-6H2,1-3H3,(H2,14,15)(H,17,18). The highest BCUT2D eigenvalue weighted by Gasteiger charge is 2.33. The zero-order valence-corrected chi connectivity index (χ0v) is 13.5. The Hall–Kier alpha value is -2.16. The molecule has 22 heavy (non-hydrogen) atoms. The lowest BCUT2D eigenvalue weighted by molar-refractivity contribution is -0.168. The molecular formula is C13H19N3O5S. The van der Waals surface area contributed by atoms with Gasteiger partial charge in [0.05, 0.1) is 6.61 Å². The van der Waals surface area contributed by atoms with E-state index in [4.69, 9.17) is 20.4 Å². The molecule has 0 amide bonds. The minimum absolute atomic E-state index is 0.0742. The van der Waals surface area contributed by atoms with Crippen LogP contribution in [-0.2, 0) is 19.2 Å². The second-order valence-electron chi connectivity index (χ2n) is 4.91. The topological polar surface area (TPSA) is 124 Å². The van der Waals surface area contributed by atoms with Gasteiger partial charge < -0.3 is 20.4 Å². The lowest BCUT2D eigenvalue weighted by Crippen LogP contribution is -2.36. The van der Waals surface area contributed by atoms with Gasteiger partial charge in [0.1, 0.15) is 5.69 Å². The number of rotatable bonds is 8. The highest BCUT2D eigenvalue weighted by molar-refractivity contribution is 7.13. The number of carboxylic acids is 1. The normalized spacial score (nSPS) is 12.0. The molecule has 0 saturated heterocycles. The number of hydrogen-bond donors (Lipinski definition) is 2. The molecule has 0 radical (unpaired) electrons. The van der Waals surface area contributed by atoms with E-state index in [9.17, 15) is 9.59 Å². The number of nitrogens with zero attached hydrogens (tertiary/aromatic N) is 2. The van der Waals surface area contributed by atoms with Crippen LogP contribution in [0.5, 0.6) is 0 Å². The molecule has 1 rings (SSSR count). The van der Waals surface area contributed by atoms with Crippen LogP contribution in [0.3, 0.4) is 0 Å². The van der Waals surface area contributed by atoms with Gasteiger partial charge in [-0.25, -0.2) is 14.6 Å². The quantitative estimate of drug-likeness (QED) is 0.321. The van der Waals surface area contributed by atoms with E-state index in [1.165, 1.54) is 19.2 Å². The van der Waals surface area contributed by atoms with Crippen LogP contribution >= 0.6 is 11.3 Å². The summed E-state index contributed by atoms with van der Waals surface area (Å²) in [6.07, 6.45) is 1.63. The average Bonchev–Trinajstić information content (AvgIpc) is 2.85. The Morgan fingerprint density at radius 3 is 2.68 bits per heavy atom. The van der Waals surface area contributed by atoms with Gasteiger partial charge in [-0.2, -0.15) is 0 Å². The second-order valence-corrected chi connectivity index (χ2v) is 5.80. The van der Waals surface area contributed by atoms with Crippen LogP contribution in [0, 0.1) is 0 Å². The summed E-state index contributed by atoms with van der Waals surface area (Å²) in [6, 6.07) is 0. The van der Waals surface area contributed by atoms with Gasteiger partial charge in [-0.05, 0) is 20.3 Å². The fraction of sp³-hybridized carbons (Fsp3) is 0.538. The van der Waals surface area contributed by atoms with Gasteiger partial charge in [0.15, 0.2) is 5.13 Å². The van der Waals surface area contributed by atoms with Crippen LogP contribution < -0.4 is 5.73 Å². The number of anilines is 1. The molecule has 9 heteroatoms. The number of carboxylic acid groups (broad SMARTS) is 1. The van der Waals surface area contributed by atoms with Crippen molar-refractivity contribution < 1.29 is 24.3 Å². The number of aromatic nitrogens is 1. The molecule has 0 aliphatic heterocycles. The monoisotopic (exact) mass is 329 g/mol. The SMILES string of the molecule is CCCCOC(=O)C(C)(C)ON=C(C(=O)O)c1csc(N)n1. The summed E-state index contributed by atoms with van der Waals surface area (Å²) in [5.41, 5.74) is 3.70. The maximum absolute atomic E-state index is 11.9. The fourth-order valence-electron chi connectivity index (χ4n) is 1.27. The molecule has 0 saturated carbocycles. The molecule has 0 aliphatic rings. The predicted molar refractivity (Wildman–Crippen MR) is 81.7 cm³/mol. The summed E-state index contributed by atoms with van der Waals surface area (Å²) in [4.78, 5) is 32.0. The Balaban J connectivity index is 2.81. The number of hydrogen-bond acceptors (Lipinski definition) is 8. The van der Waals surface area contributed by atoms with Crippen LogP contribution in [0.1, 0.15) is 39.3 Å². The molecule has 1 aromatic heterocycles. The van der Waals surface area contributed by atoms with Gasteiger partial charge in [-0.3, -0.25) is 0 Å². The summed E-state index contributed by atoms with van der Waals surface area (Å²) < 4.78 is 5.04. The van der Waals surface area contributed by atoms with Crippen molar-refractivity contribution in [3.63, 3.8) is 0 Å². The third-order valence-corrected chi connectivity index (χ3v) is 3.23. The number of carbonyl (C=O) groups excluding carboxylic acids is 1. The number of aliphatic carboxylic acids is 1. The number of carbonyl (C=O) groups is 2. The van der Waals surface area contributed by atoms with Gasteiger partial charge >= 0.3 is 11.9 Å². The smallest absolute Gasteiger partial charge is 0.360 e. The van der Waals surface area contributed by atoms with Crippen molar-refractivity contribution in [3.05, 3.63) is 11.1 Å². The third-order valence-electron chi connectivity index (χ3n) is 2.55. The maximum atomic E-state index is 11.9. The van der Waals surface area contributed by atoms with E-state index >= 15 is 0 Å². The Morgan fingerprint density at radius 2 is 2.18 bits per heavy atom. The Labute approximate surface area is 131 Å². The molecule has 1 aromatic rings. The highest BCUT2D eigenvalue weighted by atomic mass is 32.1. The molecule has 8 nitrogen and oxygen atoms in total. The first-order chi connectivity index (χ1) is 10.3. The predicted octanol–water partition coefficient (Wildman–Crippen LogP) is 1.65. The maximum Gasteiger partial charge on any atom is 0.360 e. The number of nitrogens with two attached hydrogens (primary N) is 1. The summed E-state index contributed by atoms with van der Waals surface area (Å²) >= 11 is 1.08. The minimum Gasteiger partial charge on any atom is -0.476 e. The summed E-state index contributed by atoms with van der Waals surface area (Å²) in [5.74, 6) is -1.95. The van der Waals surface area contributed by atoms with Crippen molar-refractivity contribution in [1.29, 1.82) is 0 Å². The van der Waals surface area contributed by atoms with E-state index in [2.05, 4.69) is 10.1 Å². The van der Waals surface area contributed by atoms with Gasteiger partial charge in [0, 0.05) is 5.38 Å². The zero-order chi connectivity index (χ0) is 16.8. The molecule has 122 valence electrons. The molecule has 0 aromatic carbocycles. The largest absolute Gasteiger partial charge is 0.476 e. The zero-order valence-electron chi connectivity index (χ0n) is 12.7. The van der Waals surface area contributed by atoms with Crippen LogP contribution in [0.25, 0.3) is 0 Å². The molecule has 0 fully saturated rings. The lowest BCUT2D eigenvalue weighted by Gasteiger charge is -2.20. The van der Waals surface area contributed by atoms with E-state index < -0.39 is 23.3 Å². The Bertz CT molecular complexity index is 568. The molecule has 1 heterocycles. The number of esters is 1. The third kappa shape index (κ3) is 4.99. The van der Waals surface area contributed by atoms with E-state index in [1.54, 1.807) is 0 Å². The summed E-state index contributed by atoms with van der Waals surface area (Å²) in [7, 11) is 0. The number of nitrogen functional groups attached to an aromatic ring is 1. The second kappa shape index (κ2) is 7.74. The van der Waals surface area contributed by atoms with Crippen LogP contribution in [-0.4, -0.2) is 39.9 Å². The van der Waals surface area contributed by atoms with E-state index in [0.29, 0.717) is 0 Å². The van der Waals surface area contributed by atoms with Crippen molar-refractivity contribution in [2.24, 2.45) is 5.16 Å². The van der Waals surface area contributed by atoms with Crippen molar-refractivity contribution in [1.82, 2.24) is 4.98 Å². The Morgan fingerprint density at radius 1 is 1.50 bits per heavy atom. The molecule has 0 spiro atoms. The van der Waals surface area contributed by atoms with Crippen LogP contribution in [0.15, 0.2) is 10.5 Å². The molecule has 0 unspecified atom stereocenters. The first-order valence-corrected chi connectivity index (χ1v) is 7.54. The van der Waals surface area contributed by atoms with Gasteiger partial charge in [-0.1, -0.05) is 18.5 Å². The van der Waals surface area contributed by atoms with Gasteiger partial charge in [0.25, 0.3) is 0 Å². The molecule has 0 atom stereocenters. The molecule has 0 aliphatic carbocycles. The molecule has 3 N–H and O–H groups in total. The van der Waals surface area contributed by atoms with Gasteiger partial charge in [0.2, 0.25) is 11.3 Å². The number of oxime groups is 1. The van der Waals surface area contributed by atoms with Crippen molar-refractivity contribution in [3.8, 4) is 0 Å². The van der Waals surface area contributed by atoms with E-state index in [1.807, 2.05) is 6.92 Å². The van der Waals surface area contributed by atoms with Gasteiger partial charge in [-0.15, -0.1) is 11.3 Å². The van der Waals surface area contributed by atoms with Crippen molar-refractivity contribution in [2.45, 2.75) is 39.2 Å². The van der Waals surface area contributed by atoms with Crippen molar-refractivity contribution >= 4 is 34.1 Å². The average molecular weight is 329 g/mol. The summed E-state index contributed by atoms with van der Waals surface area (Å²) in [5, 5.41) is 14.3. The first kappa shape index (κ1) is 17.9.